The lowest BCUT2D eigenvalue weighted by atomic mass is 10.1. The van der Waals surface area contributed by atoms with Gasteiger partial charge in [0.15, 0.2) is 6.61 Å². The number of anilines is 2. The number of hydrogen-bond donors (Lipinski definition) is 2. The molecule has 0 saturated carbocycles. The van der Waals surface area contributed by atoms with Crippen LogP contribution in [0.2, 0.25) is 0 Å². The predicted octanol–water partition coefficient (Wildman–Crippen LogP) is 4.14. The van der Waals surface area contributed by atoms with E-state index in [9.17, 15) is 19.2 Å². The van der Waals surface area contributed by atoms with Crippen LogP contribution in [-0.2, 0) is 23.9 Å². The largest absolute Gasteiger partial charge is 0.465 e. The van der Waals surface area contributed by atoms with Crippen LogP contribution in [0.15, 0.2) is 40.9 Å². The van der Waals surface area contributed by atoms with Crippen molar-refractivity contribution in [3.63, 3.8) is 0 Å². The summed E-state index contributed by atoms with van der Waals surface area (Å²) in [6, 6.07) is 10.00. The number of methoxy groups -OCH3 is 1. The summed E-state index contributed by atoms with van der Waals surface area (Å²) in [7, 11) is 1.29. The molecule has 32 heavy (non-hydrogen) atoms. The van der Waals surface area contributed by atoms with Gasteiger partial charge in [0.25, 0.3) is 5.91 Å². The van der Waals surface area contributed by atoms with Crippen molar-refractivity contribution in [2.24, 2.45) is 0 Å². The van der Waals surface area contributed by atoms with E-state index in [1.807, 2.05) is 26.0 Å². The number of ether oxygens (including phenoxy) is 2. The van der Waals surface area contributed by atoms with Crippen molar-refractivity contribution in [3.8, 4) is 0 Å². The van der Waals surface area contributed by atoms with Crippen LogP contribution in [0.3, 0.4) is 0 Å². The molecule has 0 atom stereocenters. The first kappa shape index (κ1) is 25.1. The Kier molecular flexibility index (Phi) is 9.39. The summed E-state index contributed by atoms with van der Waals surface area (Å²) >= 11 is 3.43. The number of aryl methyl sites for hydroxylation is 2. The number of hydrogen-bond acceptors (Lipinski definition) is 6. The van der Waals surface area contributed by atoms with E-state index < -0.39 is 24.5 Å². The third-order valence-corrected chi connectivity index (χ3v) is 5.37. The number of nitrogens with one attached hydrogen (secondary N) is 2. The predicted molar refractivity (Wildman–Crippen MR) is 123 cm³/mol. The molecule has 9 heteroatoms. The van der Waals surface area contributed by atoms with E-state index in [2.05, 4.69) is 31.3 Å². The molecule has 2 aromatic rings. The van der Waals surface area contributed by atoms with Gasteiger partial charge < -0.3 is 20.1 Å². The molecule has 0 spiro atoms. The van der Waals surface area contributed by atoms with Gasteiger partial charge in [-0.05, 0) is 67.8 Å². The number of amides is 2. The monoisotopic (exact) mass is 504 g/mol. The van der Waals surface area contributed by atoms with E-state index in [0.717, 1.165) is 15.6 Å². The van der Waals surface area contributed by atoms with Gasteiger partial charge in [-0.3, -0.25) is 14.4 Å². The van der Waals surface area contributed by atoms with Crippen LogP contribution in [0, 0.1) is 13.8 Å². The molecule has 2 N–H and O–H groups in total. The molecule has 170 valence electrons. The minimum atomic E-state index is -0.556. The average molecular weight is 505 g/mol. The first-order valence-corrected chi connectivity index (χ1v) is 10.7. The Morgan fingerprint density at radius 3 is 2.25 bits per heavy atom. The topological polar surface area (TPSA) is 111 Å². The van der Waals surface area contributed by atoms with Crippen LogP contribution in [0.25, 0.3) is 0 Å². The first-order valence-electron chi connectivity index (χ1n) is 9.90. The highest BCUT2D eigenvalue weighted by Gasteiger charge is 2.12. The molecule has 0 aromatic heterocycles. The number of rotatable bonds is 9. The van der Waals surface area contributed by atoms with Crippen molar-refractivity contribution in [2.45, 2.75) is 33.1 Å². The zero-order valence-corrected chi connectivity index (χ0v) is 19.7. The van der Waals surface area contributed by atoms with Gasteiger partial charge in [0, 0.05) is 28.7 Å². The fraction of sp³-hybridized carbons (Fsp3) is 0.304. The van der Waals surface area contributed by atoms with Crippen LogP contribution in [0.4, 0.5) is 11.4 Å². The molecule has 2 rings (SSSR count). The Balaban J connectivity index is 1.68. The first-order chi connectivity index (χ1) is 15.2. The molecule has 0 fully saturated rings. The van der Waals surface area contributed by atoms with E-state index in [4.69, 9.17) is 4.74 Å². The van der Waals surface area contributed by atoms with Crippen LogP contribution in [0.1, 0.15) is 40.7 Å². The van der Waals surface area contributed by atoms with Crippen LogP contribution in [0.5, 0.6) is 0 Å². The van der Waals surface area contributed by atoms with E-state index in [0.29, 0.717) is 16.9 Å². The van der Waals surface area contributed by atoms with Crippen molar-refractivity contribution in [2.75, 3.05) is 24.4 Å². The molecular formula is C23H25BrN2O6. The van der Waals surface area contributed by atoms with Gasteiger partial charge in [0.05, 0.1) is 12.7 Å². The number of benzene rings is 2. The van der Waals surface area contributed by atoms with E-state index in [1.54, 1.807) is 24.3 Å². The number of esters is 2. The van der Waals surface area contributed by atoms with Crippen LogP contribution >= 0.6 is 15.9 Å². The molecular weight excluding hydrogens is 480 g/mol. The summed E-state index contributed by atoms with van der Waals surface area (Å²) < 4.78 is 10.5. The normalized spacial score (nSPS) is 10.2. The second-order valence-electron chi connectivity index (χ2n) is 7.10. The Labute approximate surface area is 194 Å². The maximum atomic E-state index is 12.0. The lowest BCUT2D eigenvalue weighted by Crippen LogP contribution is -2.21. The molecule has 0 saturated heterocycles. The summed E-state index contributed by atoms with van der Waals surface area (Å²) in [6.07, 6.45) is 0.396. The Bertz CT molecular complexity index is 1000. The molecule has 2 amide bonds. The van der Waals surface area contributed by atoms with Gasteiger partial charge >= 0.3 is 11.9 Å². The number of carbonyl (C=O) groups excluding carboxylic acids is 4. The lowest BCUT2D eigenvalue weighted by molar-refractivity contribution is -0.147. The second kappa shape index (κ2) is 12.0. The maximum Gasteiger partial charge on any atom is 0.337 e. The van der Waals surface area contributed by atoms with E-state index in [-0.39, 0.29) is 25.2 Å². The van der Waals surface area contributed by atoms with Gasteiger partial charge in [-0.1, -0.05) is 15.9 Å². The highest BCUT2D eigenvalue weighted by atomic mass is 79.9. The SMILES string of the molecule is COC(=O)c1ccc(NC(=O)CCCC(=O)OCC(=O)Nc2cc(C)c(Br)cc2C)cc1. The smallest absolute Gasteiger partial charge is 0.337 e. The molecule has 0 unspecified atom stereocenters. The Morgan fingerprint density at radius 1 is 0.906 bits per heavy atom. The molecule has 8 nitrogen and oxygen atoms in total. The standard InChI is InChI=1S/C23H25BrN2O6/c1-14-12-19(15(2)11-18(14)24)26-21(28)13-32-22(29)6-4-5-20(27)25-17-9-7-16(8-10-17)23(30)31-3/h7-12H,4-6,13H2,1-3H3,(H,25,27)(H,26,28). The molecule has 0 aliphatic carbocycles. The molecule has 0 aliphatic rings. The highest BCUT2D eigenvalue weighted by Crippen LogP contribution is 2.24. The molecule has 0 aliphatic heterocycles. The van der Waals surface area contributed by atoms with Gasteiger partial charge in [0.2, 0.25) is 5.91 Å². The summed E-state index contributed by atoms with van der Waals surface area (Å²) in [4.78, 5) is 47.3. The highest BCUT2D eigenvalue weighted by molar-refractivity contribution is 9.10. The van der Waals surface area contributed by atoms with Gasteiger partial charge in [-0.25, -0.2) is 4.79 Å². The average Bonchev–Trinajstić information content (AvgIpc) is 2.76. The third kappa shape index (κ3) is 7.81. The molecule has 2 aromatic carbocycles. The summed E-state index contributed by atoms with van der Waals surface area (Å²) in [5, 5.41) is 5.40. The molecule has 0 heterocycles. The molecule has 0 radical (unpaired) electrons. The lowest BCUT2D eigenvalue weighted by Gasteiger charge is -2.11. The summed E-state index contributed by atoms with van der Waals surface area (Å²) in [5.41, 5.74) is 3.42. The van der Waals surface area contributed by atoms with Gasteiger partial charge in [-0.15, -0.1) is 0 Å². The van der Waals surface area contributed by atoms with E-state index in [1.165, 1.54) is 7.11 Å². The van der Waals surface area contributed by atoms with Crippen molar-refractivity contribution in [3.05, 3.63) is 57.6 Å². The van der Waals surface area contributed by atoms with Crippen molar-refractivity contribution in [1.82, 2.24) is 0 Å². The summed E-state index contributed by atoms with van der Waals surface area (Å²) in [5.74, 6) is -1.73. The summed E-state index contributed by atoms with van der Waals surface area (Å²) in [6.45, 7) is 3.38. The van der Waals surface area contributed by atoms with Crippen LogP contribution in [-0.4, -0.2) is 37.5 Å². The zero-order chi connectivity index (χ0) is 23.7. The van der Waals surface area contributed by atoms with E-state index >= 15 is 0 Å². The number of halogens is 1. The fourth-order valence-corrected chi connectivity index (χ4v) is 3.20. The fourth-order valence-electron chi connectivity index (χ4n) is 2.74. The molecule has 0 bridgehead atoms. The van der Waals surface area contributed by atoms with Crippen molar-refractivity contribution >= 4 is 51.1 Å². The number of carbonyl (C=O) groups is 4. The van der Waals surface area contributed by atoms with Crippen molar-refractivity contribution < 1.29 is 28.7 Å². The minimum Gasteiger partial charge on any atom is -0.465 e. The quantitative estimate of drug-likeness (QED) is 0.496. The minimum absolute atomic E-state index is 0.0123. The second-order valence-corrected chi connectivity index (χ2v) is 7.95. The third-order valence-electron chi connectivity index (χ3n) is 4.52. The van der Waals surface area contributed by atoms with Crippen LogP contribution < -0.4 is 10.6 Å². The van der Waals surface area contributed by atoms with Crippen molar-refractivity contribution in [1.29, 1.82) is 0 Å². The Hall–Kier alpha value is -3.20. The van der Waals surface area contributed by atoms with Gasteiger partial charge in [-0.2, -0.15) is 0 Å². The van der Waals surface area contributed by atoms with Gasteiger partial charge in [0.1, 0.15) is 0 Å². The maximum absolute atomic E-state index is 12.0. The zero-order valence-electron chi connectivity index (χ0n) is 18.1. The Morgan fingerprint density at radius 2 is 1.59 bits per heavy atom.